The first-order valence-corrected chi connectivity index (χ1v) is 8.42. The fraction of sp³-hybridized carbons (Fsp3) is 0.833. The Balaban J connectivity index is 1.68. The lowest BCUT2D eigenvalue weighted by molar-refractivity contribution is -0.116. The van der Waals surface area contributed by atoms with Crippen molar-refractivity contribution in [3.63, 3.8) is 0 Å². The van der Waals surface area contributed by atoms with Crippen molar-refractivity contribution >= 4 is 5.78 Å². The number of hydrogen-bond acceptors (Lipinski definition) is 1. The molecule has 19 heavy (non-hydrogen) atoms. The normalized spacial score (nSPS) is 49.1. The van der Waals surface area contributed by atoms with Gasteiger partial charge in [0.05, 0.1) is 0 Å². The van der Waals surface area contributed by atoms with E-state index < -0.39 is 0 Å². The van der Waals surface area contributed by atoms with Gasteiger partial charge in [0.1, 0.15) is 0 Å². The van der Waals surface area contributed by atoms with Crippen LogP contribution in [-0.2, 0) is 4.79 Å². The summed E-state index contributed by atoms with van der Waals surface area (Å²) in [6.07, 6.45) is 14.0. The standard InChI is InChI=1S/C18H26O/c1-18-10-9-14(19)11-13(18)6-7-16-15-4-2-3-12(15)5-8-17(16)18/h11-12,15-17H,2-10H2,1H3. The monoisotopic (exact) mass is 258 g/mol. The zero-order valence-electron chi connectivity index (χ0n) is 12.2. The number of ketones is 1. The Bertz CT molecular complexity index is 435. The minimum absolute atomic E-state index is 0.379. The molecule has 1 heteroatoms. The second-order valence-electron chi connectivity index (χ2n) is 7.79. The Morgan fingerprint density at radius 1 is 1.05 bits per heavy atom. The molecule has 3 fully saturated rings. The lowest BCUT2D eigenvalue weighted by Crippen LogP contribution is -2.46. The van der Waals surface area contributed by atoms with Gasteiger partial charge in [-0.05, 0) is 73.7 Å². The van der Waals surface area contributed by atoms with E-state index in [4.69, 9.17) is 0 Å². The van der Waals surface area contributed by atoms with Crippen molar-refractivity contribution in [1.29, 1.82) is 0 Å². The summed E-state index contributed by atoms with van der Waals surface area (Å²) in [6, 6.07) is 0. The molecule has 0 N–H and O–H groups in total. The molecule has 104 valence electrons. The third-order valence-electron chi connectivity index (χ3n) is 7.16. The van der Waals surface area contributed by atoms with Gasteiger partial charge >= 0.3 is 0 Å². The third kappa shape index (κ3) is 1.69. The summed E-state index contributed by atoms with van der Waals surface area (Å²) in [5.74, 6) is 4.35. The van der Waals surface area contributed by atoms with Crippen molar-refractivity contribution in [2.45, 2.75) is 64.7 Å². The molecular formula is C18H26O. The van der Waals surface area contributed by atoms with Crippen molar-refractivity contribution in [3.05, 3.63) is 11.6 Å². The van der Waals surface area contributed by atoms with Crippen LogP contribution in [0.1, 0.15) is 64.7 Å². The lowest BCUT2D eigenvalue weighted by Gasteiger charge is -2.55. The first-order valence-electron chi connectivity index (χ1n) is 8.42. The fourth-order valence-electron chi connectivity index (χ4n) is 6.18. The SMILES string of the molecule is CC12CCC(=O)C=C1CCC1C3CCCC3CCC12. The molecule has 0 aromatic carbocycles. The molecular weight excluding hydrogens is 232 g/mol. The van der Waals surface area contributed by atoms with Crippen LogP contribution < -0.4 is 0 Å². The van der Waals surface area contributed by atoms with E-state index in [-0.39, 0.29) is 0 Å². The highest BCUT2D eigenvalue weighted by molar-refractivity contribution is 5.91. The van der Waals surface area contributed by atoms with Crippen molar-refractivity contribution in [2.75, 3.05) is 0 Å². The smallest absolute Gasteiger partial charge is 0.155 e. The minimum atomic E-state index is 0.379. The number of allylic oxidation sites excluding steroid dienone is 1. The number of carbonyl (C=O) groups is 1. The Morgan fingerprint density at radius 2 is 1.95 bits per heavy atom. The maximum Gasteiger partial charge on any atom is 0.155 e. The molecule has 5 unspecified atom stereocenters. The van der Waals surface area contributed by atoms with Crippen LogP contribution in [0.3, 0.4) is 0 Å². The Labute approximate surface area is 116 Å². The largest absolute Gasteiger partial charge is 0.295 e. The lowest BCUT2D eigenvalue weighted by atomic mass is 9.50. The van der Waals surface area contributed by atoms with Crippen LogP contribution in [0.5, 0.6) is 0 Å². The molecule has 4 aliphatic carbocycles. The van der Waals surface area contributed by atoms with Crippen LogP contribution in [0, 0.1) is 29.1 Å². The summed E-state index contributed by atoms with van der Waals surface area (Å²) in [6.45, 7) is 2.48. The van der Waals surface area contributed by atoms with Gasteiger partial charge in [-0.2, -0.15) is 0 Å². The highest BCUT2D eigenvalue weighted by Crippen LogP contribution is 2.61. The average molecular weight is 258 g/mol. The maximum absolute atomic E-state index is 11.7. The van der Waals surface area contributed by atoms with E-state index in [1.54, 1.807) is 0 Å². The van der Waals surface area contributed by atoms with Gasteiger partial charge in [0.15, 0.2) is 5.78 Å². The second kappa shape index (κ2) is 4.20. The molecule has 0 amide bonds. The van der Waals surface area contributed by atoms with Gasteiger partial charge in [-0.1, -0.05) is 25.3 Å². The van der Waals surface area contributed by atoms with Crippen LogP contribution in [0.25, 0.3) is 0 Å². The molecule has 0 aliphatic heterocycles. The summed E-state index contributed by atoms with van der Waals surface area (Å²) in [5.41, 5.74) is 1.89. The maximum atomic E-state index is 11.7. The van der Waals surface area contributed by atoms with Crippen LogP contribution in [0.2, 0.25) is 0 Å². The second-order valence-corrected chi connectivity index (χ2v) is 7.79. The molecule has 1 nitrogen and oxygen atoms in total. The van der Waals surface area contributed by atoms with Crippen LogP contribution >= 0.6 is 0 Å². The van der Waals surface area contributed by atoms with E-state index >= 15 is 0 Å². The molecule has 0 bridgehead atoms. The summed E-state index contributed by atoms with van der Waals surface area (Å²) >= 11 is 0. The van der Waals surface area contributed by atoms with E-state index in [0.717, 1.165) is 36.5 Å². The minimum Gasteiger partial charge on any atom is -0.295 e. The average Bonchev–Trinajstić information content (AvgIpc) is 2.88. The zero-order chi connectivity index (χ0) is 13.0. The van der Waals surface area contributed by atoms with Crippen molar-refractivity contribution in [1.82, 2.24) is 0 Å². The number of carbonyl (C=O) groups excluding carboxylic acids is 1. The van der Waals surface area contributed by atoms with E-state index in [2.05, 4.69) is 6.92 Å². The first kappa shape index (κ1) is 12.2. The molecule has 5 atom stereocenters. The van der Waals surface area contributed by atoms with Gasteiger partial charge in [-0.3, -0.25) is 4.79 Å². The number of rotatable bonds is 0. The summed E-state index contributed by atoms with van der Waals surface area (Å²) in [7, 11) is 0. The Hall–Kier alpha value is -0.590. The fourth-order valence-corrected chi connectivity index (χ4v) is 6.18. The molecule has 0 spiro atoms. The van der Waals surface area contributed by atoms with E-state index in [1.165, 1.54) is 50.5 Å². The van der Waals surface area contributed by atoms with Gasteiger partial charge in [-0.25, -0.2) is 0 Å². The molecule has 4 aliphatic rings. The van der Waals surface area contributed by atoms with Crippen LogP contribution in [0.4, 0.5) is 0 Å². The molecule has 0 radical (unpaired) electrons. The van der Waals surface area contributed by atoms with Crippen molar-refractivity contribution in [3.8, 4) is 0 Å². The van der Waals surface area contributed by atoms with Gasteiger partial charge in [-0.15, -0.1) is 0 Å². The summed E-state index contributed by atoms with van der Waals surface area (Å²) in [5, 5.41) is 0. The highest BCUT2D eigenvalue weighted by atomic mass is 16.1. The van der Waals surface area contributed by atoms with Gasteiger partial charge in [0.2, 0.25) is 0 Å². The van der Waals surface area contributed by atoms with Gasteiger partial charge in [0, 0.05) is 6.42 Å². The molecule has 0 aromatic rings. The molecule has 0 heterocycles. The third-order valence-corrected chi connectivity index (χ3v) is 7.16. The highest BCUT2D eigenvalue weighted by Gasteiger charge is 2.52. The molecule has 0 saturated heterocycles. The van der Waals surface area contributed by atoms with Crippen molar-refractivity contribution < 1.29 is 4.79 Å². The van der Waals surface area contributed by atoms with Crippen molar-refractivity contribution in [2.24, 2.45) is 29.1 Å². The topological polar surface area (TPSA) is 17.1 Å². The van der Waals surface area contributed by atoms with E-state index in [9.17, 15) is 4.79 Å². The summed E-state index contributed by atoms with van der Waals surface area (Å²) in [4.78, 5) is 11.7. The predicted molar refractivity (Wildman–Crippen MR) is 76.7 cm³/mol. The van der Waals surface area contributed by atoms with E-state index in [1.807, 2.05) is 6.08 Å². The Morgan fingerprint density at radius 3 is 2.84 bits per heavy atom. The summed E-state index contributed by atoms with van der Waals surface area (Å²) < 4.78 is 0. The van der Waals surface area contributed by atoms with Crippen LogP contribution in [0.15, 0.2) is 11.6 Å². The van der Waals surface area contributed by atoms with Gasteiger partial charge in [0.25, 0.3) is 0 Å². The number of hydrogen-bond donors (Lipinski definition) is 0. The predicted octanol–water partition coefficient (Wildman–Crippen LogP) is 4.52. The quantitative estimate of drug-likeness (QED) is 0.624. The molecule has 0 aromatic heterocycles. The number of fused-ring (bicyclic) bond motifs is 5. The van der Waals surface area contributed by atoms with E-state index in [0.29, 0.717) is 11.2 Å². The first-order chi connectivity index (χ1) is 9.18. The van der Waals surface area contributed by atoms with Gasteiger partial charge < -0.3 is 0 Å². The zero-order valence-corrected chi connectivity index (χ0v) is 12.2. The molecule has 4 rings (SSSR count). The molecule has 3 saturated carbocycles. The van der Waals surface area contributed by atoms with Crippen LogP contribution in [-0.4, -0.2) is 5.78 Å². The Kier molecular flexibility index (Phi) is 2.69.